The molecule has 0 bridgehead atoms. The minimum absolute atomic E-state index is 0.232. The van der Waals surface area contributed by atoms with Gasteiger partial charge in [0.15, 0.2) is 0 Å². The first-order chi connectivity index (χ1) is 13.4. The number of aliphatic imine (C=N–C) groups is 1. The zero-order valence-corrected chi connectivity index (χ0v) is 16.4. The lowest BCUT2D eigenvalue weighted by Gasteiger charge is -2.18. The van der Waals surface area contributed by atoms with Crippen LogP contribution in [0.25, 0.3) is 0 Å². The highest BCUT2D eigenvalue weighted by atomic mass is 35.5. The molecule has 1 aliphatic heterocycles. The maximum atomic E-state index is 13.2. The average molecular weight is 413 g/mol. The van der Waals surface area contributed by atoms with E-state index in [-0.39, 0.29) is 18.3 Å². The summed E-state index contributed by atoms with van der Waals surface area (Å²) in [5, 5.41) is 0.996. The summed E-state index contributed by atoms with van der Waals surface area (Å²) in [5.74, 6) is -0.603. The van der Waals surface area contributed by atoms with Gasteiger partial charge < -0.3 is 4.90 Å². The van der Waals surface area contributed by atoms with Gasteiger partial charge >= 0.3 is 0 Å². The Morgan fingerprint density at radius 2 is 1.68 bits per heavy atom. The molecule has 0 aliphatic carbocycles. The van der Waals surface area contributed by atoms with E-state index in [2.05, 4.69) is 4.99 Å². The SMILES string of the molecule is Cc1ccc2c(c1)C(=Nc1ccc(F)cc1)C(=O)N2Cc1c(Cl)cccc1Cl. The van der Waals surface area contributed by atoms with Crippen LogP contribution in [0.15, 0.2) is 65.7 Å². The van der Waals surface area contributed by atoms with Crippen LogP contribution in [0.1, 0.15) is 16.7 Å². The molecule has 0 saturated carbocycles. The molecular formula is C22H15Cl2FN2O. The van der Waals surface area contributed by atoms with E-state index in [1.54, 1.807) is 35.2 Å². The number of hydrogen-bond donors (Lipinski definition) is 0. The van der Waals surface area contributed by atoms with E-state index in [9.17, 15) is 9.18 Å². The van der Waals surface area contributed by atoms with Crippen LogP contribution in [0.3, 0.4) is 0 Å². The second-order valence-corrected chi connectivity index (χ2v) is 7.36. The minimum Gasteiger partial charge on any atom is -0.302 e. The Bertz CT molecular complexity index is 1090. The van der Waals surface area contributed by atoms with Gasteiger partial charge in [0.1, 0.15) is 11.5 Å². The Morgan fingerprint density at radius 3 is 2.36 bits per heavy atom. The maximum absolute atomic E-state index is 13.2. The van der Waals surface area contributed by atoms with E-state index in [4.69, 9.17) is 23.2 Å². The molecule has 0 unspecified atom stereocenters. The van der Waals surface area contributed by atoms with Crippen molar-refractivity contribution in [1.82, 2.24) is 0 Å². The average Bonchev–Trinajstić information content (AvgIpc) is 2.91. The van der Waals surface area contributed by atoms with Gasteiger partial charge in [-0.3, -0.25) is 4.79 Å². The molecule has 0 fully saturated rings. The van der Waals surface area contributed by atoms with Gasteiger partial charge in [0.25, 0.3) is 5.91 Å². The van der Waals surface area contributed by atoms with Crippen LogP contribution in [-0.2, 0) is 11.3 Å². The number of carbonyl (C=O) groups is 1. The first-order valence-corrected chi connectivity index (χ1v) is 9.39. The fourth-order valence-electron chi connectivity index (χ4n) is 3.18. The number of halogens is 3. The molecule has 3 nitrogen and oxygen atoms in total. The summed E-state index contributed by atoms with van der Waals surface area (Å²) in [7, 11) is 0. The molecule has 0 N–H and O–H groups in total. The highest BCUT2D eigenvalue weighted by Crippen LogP contribution is 2.35. The molecule has 3 aromatic rings. The van der Waals surface area contributed by atoms with E-state index in [0.29, 0.717) is 27.0 Å². The topological polar surface area (TPSA) is 32.7 Å². The number of rotatable bonds is 3. The molecule has 3 aromatic carbocycles. The Morgan fingerprint density at radius 1 is 1.00 bits per heavy atom. The van der Waals surface area contributed by atoms with Crippen LogP contribution in [0.2, 0.25) is 10.0 Å². The third-order valence-corrected chi connectivity index (χ3v) is 5.30. The first-order valence-electron chi connectivity index (χ1n) is 8.64. The predicted octanol–water partition coefficient (Wildman–Crippen LogP) is 6.11. The summed E-state index contributed by atoms with van der Waals surface area (Å²) in [4.78, 5) is 19.3. The second kappa shape index (κ2) is 7.38. The van der Waals surface area contributed by atoms with Crippen molar-refractivity contribution in [2.45, 2.75) is 13.5 Å². The molecule has 4 rings (SSSR count). The normalized spacial score (nSPS) is 14.6. The monoisotopic (exact) mass is 412 g/mol. The summed E-state index contributed by atoms with van der Waals surface area (Å²) in [6, 6.07) is 16.7. The molecule has 28 heavy (non-hydrogen) atoms. The molecule has 1 amide bonds. The van der Waals surface area contributed by atoms with Crippen molar-refractivity contribution in [3.05, 3.63) is 93.2 Å². The van der Waals surface area contributed by atoms with Crippen LogP contribution in [-0.4, -0.2) is 11.6 Å². The van der Waals surface area contributed by atoms with Crippen molar-refractivity contribution in [1.29, 1.82) is 0 Å². The van der Waals surface area contributed by atoms with Crippen LogP contribution >= 0.6 is 23.2 Å². The van der Waals surface area contributed by atoms with E-state index >= 15 is 0 Å². The molecular weight excluding hydrogens is 398 g/mol. The molecule has 6 heteroatoms. The number of hydrogen-bond acceptors (Lipinski definition) is 2. The number of amides is 1. The molecule has 1 heterocycles. The molecule has 0 spiro atoms. The zero-order chi connectivity index (χ0) is 19.8. The first kappa shape index (κ1) is 18.7. The van der Waals surface area contributed by atoms with Gasteiger partial charge in [-0.2, -0.15) is 0 Å². The molecule has 0 radical (unpaired) electrons. The number of fused-ring (bicyclic) bond motifs is 1. The fourth-order valence-corrected chi connectivity index (χ4v) is 3.70. The molecule has 1 aliphatic rings. The van der Waals surface area contributed by atoms with Crippen molar-refractivity contribution in [3.63, 3.8) is 0 Å². The lowest BCUT2D eigenvalue weighted by atomic mass is 10.1. The summed E-state index contributed by atoms with van der Waals surface area (Å²) in [6.07, 6.45) is 0. The van der Waals surface area contributed by atoms with E-state index in [0.717, 1.165) is 16.8 Å². The van der Waals surface area contributed by atoms with Gasteiger partial charge in [0, 0.05) is 21.2 Å². The number of benzene rings is 3. The smallest absolute Gasteiger partial charge is 0.277 e. The minimum atomic E-state index is -0.354. The number of aryl methyl sites for hydroxylation is 1. The highest BCUT2D eigenvalue weighted by molar-refractivity contribution is 6.54. The third kappa shape index (κ3) is 3.41. The van der Waals surface area contributed by atoms with Crippen LogP contribution in [0.5, 0.6) is 0 Å². The predicted molar refractivity (Wildman–Crippen MR) is 111 cm³/mol. The second-order valence-electron chi connectivity index (χ2n) is 6.55. The third-order valence-electron chi connectivity index (χ3n) is 4.59. The van der Waals surface area contributed by atoms with Crippen molar-refractivity contribution in [3.8, 4) is 0 Å². The maximum Gasteiger partial charge on any atom is 0.277 e. The van der Waals surface area contributed by atoms with Gasteiger partial charge in [-0.1, -0.05) is 40.9 Å². The lowest BCUT2D eigenvalue weighted by Crippen LogP contribution is -2.29. The van der Waals surface area contributed by atoms with Gasteiger partial charge in [-0.25, -0.2) is 9.38 Å². The highest BCUT2D eigenvalue weighted by Gasteiger charge is 2.34. The van der Waals surface area contributed by atoms with Crippen LogP contribution < -0.4 is 4.90 Å². The Labute approximate surface area is 172 Å². The molecule has 0 atom stereocenters. The molecule has 0 aromatic heterocycles. The van der Waals surface area contributed by atoms with Crippen LogP contribution in [0, 0.1) is 12.7 Å². The number of anilines is 1. The summed E-state index contributed by atoms with van der Waals surface area (Å²) in [6.45, 7) is 2.18. The lowest BCUT2D eigenvalue weighted by molar-refractivity contribution is -0.112. The van der Waals surface area contributed by atoms with Gasteiger partial charge in [-0.15, -0.1) is 0 Å². The molecule has 0 saturated heterocycles. The van der Waals surface area contributed by atoms with Gasteiger partial charge in [0.05, 0.1) is 17.9 Å². The van der Waals surface area contributed by atoms with E-state index < -0.39 is 0 Å². The van der Waals surface area contributed by atoms with Gasteiger partial charge in [-0.05, 0) is 55.5 Å². The Kier molecular flexibility index (Phi) is 4.92. The Hall–Kier alpha value is -2.69. The van der Waals surface area contributed by atoms with Crippen molar-refractivity contribution < 1.29 is 9.18 Å². The summed E-state index contributed by atoms with van der Waals surface area (Å²) >= 11 is 12.6. The summed E-state index contributed by atoms with van der Waals surface area (Å²) < 4.78 is 13.2. The fraction of sp³-hybridized carbons (Fsp3) is 0.0909. The largest absolute Gasteiger partial charge is 0.302 e. The van der Waals surface area contributed by atoms with Crippen molar-refractivity contribution in [2.24, 2.45) is 4.99 Å². The van der Waals surface area contributed by atoms with Crippen molar-refractivity contribution in [2.75, 3.05) is 4.90 Å². The van der Waals surface area contributed by atoms with E-state index in [1.165, 1.54) is 12.1 Å². The zero-order valence-electron chi connectivity index (χ0n) is 14.9. The standard InChI is InChI=1S/C22H15Cl2FN2O/c1-13-5-10-20-16(11-13)21(26-15-8-6-14(25)7-9-15)22(28)27(20)12-17-18(23)3-2-4-19(17)24/h2-11H,12H2,1H3. The quantitative estimate of drug-likeness (QED) is 0.510. The summed E-state index contributed by atoms with van der Waals surface area (Å²) in [5.41, 5.74) is 3.98. The van der Waals surface area contributed by atoms with Crippen LogP contribution in [0.4, 0.5) is 15.8 Å². The number of carbonyl (C=O) groups excluding carboxylic acids is 1. The van der Waals surface area contributed by atoms with Gasteiger partial charge in [0.2, 0.25) is 0 Å². The molecule has 140 valence electrons. The Balaban J connectivity index is 1.80. The van der Waals surface area contributed by atoms with Crippen molar-refractivity contribution >= 4 is 46.2 Å². The van der Waals surface area contributed by atoms with E-state index in [1.807, 2.05) is 25.1 Å². The number of nitrogens with zero attached hydrogens (tertiary/aromatic N) is 2.